The number of imide groups is 1. The van der Waals surface area contributed by atoms with E-state index < -0.39 is 29.6 Å². The van der Waals surface area contributed by atoms with Crippen molar-refractivity contribution in [3.63, 3.8) is 0 Å². The minimum absolute atomic E-state index is 0.357. The van der Waals surface area contributed by atoms with E-state index in [1.54, 1.807) is 20.8 Å². The lowest BCUT2D eigenvalue weighted by molar-refractivity contribution is -0.171. The Hall–Kier alpha value is -1.67. The highest BCUT2D eigenvalue weighted by Crippen LogP contribution is 2.26. The minimum Gasteiger partial charge on any atom is -0.480 e. The molecule has 0 saturated carbocycles. The van der Waals surface area contributed by atoms with Gasteiger partial charge in [0.1, 0.15) is 6.61 Å². The van der Waals surface area contributed by atoms with Gasteiger partial charge in [0.2, 0.25) is 5.91 Å². The molecule has 8 nitrogen and oxygen atoms in total. The predicted molar refractivity (Wildman–Crippen MR) is 70.2 cm³/mol. The molecule has 0 aliphatic carbocycles. The fourth-order valence-electron chi connectivity index (χ4n) is 2.00. The van der Waals surface area contributed by atoms with Gasteiger partial charge in [-0.3, -0.25) is 15.0 Å². The lowest BCUT2D eigenvalue weighted by atomic mass is 9.94. The van der Waals surface area contributed by atoms with Crippen LogP contribution in [0.3, 0.4) is 0 Å². The lowest BCUT2D eigenvalue weighted by Gasteiger charge is -2.49. The molecule has 1 saturated heterocycles. The number of hydrogen-bond donors (Lipinski definition) is 3. The maximum Gasteiger partial charge on any atom is 0.329 e. The quantitative estimate of drug-likeness (QED) is 0.602. The summed E-state index contributed by atoms with van der Waals surface area (Å²) < 4.78 is 5.25. The first-order valence-corrected chi connectivity index (χ1v) is 6.46. The van der Waals surface area contributed by atoms with Crippen LogP contribution < -0.4 is 10.6 Å². The number of ether oxygens (including phenoxy) is 1. The summed E-state index contributed by atoms with van der Waals surface area (Å²) in [5.74, 6) is -1.41. The zero-order valence-corrected chi connectivity index (χ0v) is 11.9. The number of nitrogens with zero attached hydrogens (tertiary/aromatic N) is 1. The predicted octanol–water partition coefficient (Wildman–Crippen LogP) is -0.604. The van der Waals surface area contributed by atoms with E-state index in [2.05, 4.69) is 10.6 Å². The van der Waals surface area contributed by atoms with Crippen molar-refractivity contribution in [1.29, 1.82) is 0 Å². The Kier molecular flexibility index (Phi) is 5.46. The Bertz CT molecular complexity index is 393. The van der Waals surface area contributed by atoms with Crippen LogP contribution in [0, 0.1) is 0 Å². The summed E-state index contributed by atoms with van der Waals surface area (Å²) in [6.07, 6.45) is 0. The highest BCUT2D eigenvalue weighted by atomic mass is 16.5. The number of aliphatic carboxylic acids is 1. The van der Waals surface area contributed by atoms with Crippen molar-refractivity contribution >= 4 is 17.9 Å². The molecule has 1 atom stereocenters. The van der Waals surface area contributed by atoms with Crippen LogP contribution in [0.1, 0.15) is 20.8 Å². The Morgan fingerprint density at radius 2 is 2.00 bits per heavy atom. The number of carboxylic acid groups (broad SMARTS) is 1. The van der Waals surface area contributed by atoms with Crippen LogP contribution in [0.25, 0.3) is 0 Å². The maximum atomic E-state index is 11.8. The summed E-state index contributed by atoms with van der Waals surface area (Å²) in [5, 5.41) is 13.3. The molecule has 0 spiro atoms. The van der Waals surface area contributed by atoms with Crippen LogP contribution in [0.4, 0.5) is 4.79 Å². The molecule has 0 aromatic rings. The third-order valence-corrected chi connectivity index (χ3v) is 3.12. The zero-order chi connectivity index (χ0) is 15.3. The van der Waals surface area contributed by atoms with Crippen LogP contribution in [0.15, 0.2) is 0 Å². The SMILES string of the molecule is CCNC(=O)NC(=O)C(C)N1CC(C)(OCC(=O)O)C1. The van der Waals surface area contributed by atoms with Crippen LogP contribution >= 0.6 is 0 Å². The lowest BCUT2D eigenvalue weighted by Crippen LogP contribution is -2.66. The van der Waals surface area contributed by atoms with Crippen LogP contribution in [0.2, 0.25) is 0 Å². The van der Waals surface area contributed by atoms with Gasteiger partial charge in [-0.25, -0.2) is 9.59 Å². The summed E-state index contributed by atoms with van der Waals surface area (Å²) in [4.78, 5) is 35.3. The number of rotatable bonds is 6. The Labute approximate surface area is 117 Å². The average molecular weight is 287 g/mol. The molecule has 3 N–H and O–H groups in total. The van der Waals surface area contributed by atoms with E-state index in [0.717, 1.165) is 0 Å². The Morgan fingerprint density at radius 1 is 1.40 bits per heavy atom. The van der Waals surface area contributed by atoms with Gasteiger partial charge in [-0.1, -0.05) is 0 Å². The summed E-state index contributed by atoms with van der Waals surface area (Å²) >= 11 is 0. The Morgan fingerprint density at radius 3 is 2.50 bits per heavy atom. The van der Waals surface area contributed by atoms with Crippen molar-refractivity contribution in [2.45, 2.75) is 32.4 Å². The van der Waals surface area contributed by atoms with Crippen molar-refractivity contribution in [2.24, 2.45) is 0 Å². The molecule has 114 valence electrons. The minimum atomic E-state index is -1.02. The fraction of sp³-hybridized carbons (Fsp3) is 0.750. The summed E-state index contributed by atoms with van der Waals surface area (Å²) in [7, 11) is 0. The standard InChI is InChI=1S/C12H21N3O5/c1-4-13-11(19)14-10(18)8(2)15-6-12(3,7-15)20-5-9(16)17/h8H,4-7H2,1-3H3,(H,16,17)(H2,13,14,18,19). The third kappa shape index (κ3) is 4.46. The molecule has 20 heavy (non-hydrogen) atoms. The van der Waals surface area contributed by atoms with Gasteiger partial charge in [-0.2, -0.15) is 0 Å². The molecule has 1 unspecified atom stereocenters. The number of nitrogens with one attached hydrogen (secondary N) is 2. The summed E-state index contributed by atoms with van der Waals surface area (Å²) in [6.45, 7) is 6.22. The molecular formula is C12H21N3O5. The molecule has 0 aromatic heterocycles. The normalized spacial score (nSPS) is 18.8. The monoisotopic (exact) mass is 287 g/mol. The average Bonchev–Trinajstić information content (AvgIpc) is 2.32. The number of carbonyl (C=O) groups excluding carboxylic acids is 2. The van der Waals surface area contributed by atoms with E-state index in [9.17, 15) is 14.4 Å². The number of amides is 3. The van der Waals surface area contributed by atoms with E-state index in [1.807, 2.05) is 4.90 Å². The second-order valence-electron chi connectivity index (χ2n) is 5.06. The molecule has 1 fully saturated rings. The van der Waals surface area contributed by atoms with Crippen molar-refractivity contribution < 1.29 is 24.2 Å². The smallest absolute Gasteiger partial charge is 0.329 e. The Balaban J connectivity index is 2.36. The number of carboxylic acids is 1. The van der Waals surface area contributed by atoms with E-state index in [0.29, 0.717) is 19.6 Å². The van der Waals surface area contributed by atoms with Gasteiger partial charge in [-0.05, 0) is 20.8 Å². The molecule has 1 rings (SSSR count). The summed E-state index contributed by atoms with van der Waals surface area (Å²) in [6, 6.07) is -0.992. The second-order valence-corrected chi connectivity index (χ2v) is 5.06. The van der Waals surface area contributed by atoms with E-state index in [4.69, 9.17) is 9.84 Å². The topological polar surface area (TPSA) is 108 Å². The highest BCUT2D eigenvalue weighted by Gasteiger charge is 2.44. The van der Waals surface area contributed by atoms with Crippen LogP contribution in [0.5, 0.6) is 0 Å². The van der Waals surface area contributed by atoms with Crippen LogP contribution in [-0.4, -0.2) is 65.8 Å². The van der Waals surface area contributed by atoms with Gasteiger partial charge in [0.05, 0.1) is 11.6 Å². The molecule has 0 radical (unpaired) electrons. The van der Waals surface area contributed by atoms with Crippen molar-refractivity contribution in [2.75, 3.05) is 26.2 Å². The molecule has 0 aromatic carbocycles. The summed E-state index contributed by atoms with van der Waals surface area (Å²) in [5.41, 5.74) is -0.557. The van der Waals surface area contributed by atoms with Gasteiger partial charge in [0.15, 0.2) is 0 Å². The van der Waals surface area contributed by atoms with Gasteiger partial charge in [0.25, 0.3) is 0 Å². The van der Waals surface area contributed by atoms with Crippen LogP contribution in [-0.2, 0) is 14.3 Å². The largest absolute Gasteiger partial charge is 0.480 e. The van der Waals surface area contributed by atoms with Crippen molar-refractivity contribution in [3.8, 4) is 0 Å². The van der Waals surface area contributed by atoms with E-state index >= 15 is 0 Å². The highest BCUT2D eigenvalue weighted by molar-refractivity contribution is 5.96. The fourth-order valence-corrected chi connectivity index (χ4v) is 2.00. The van der Waals surface area contributed by atoms with Gasteiger partial charge in [-0.15, -0.1) is 0 Å². The van der Waals surface area contributed by atoms with Crippen molar-refractivity contribution in [1.82, 2.24) is 15.5 Å². The van der Waals surface area contributed by atoms with Gasteiger partial charge in [0, 0.05) is 19.6 Å². The molecule has 0 bridgehead atoms. The number of hydrogen-bond acceptors (Lipinski definition) is 5. The number of urea groups is 1. The van der Waals surface area contributed by atoms with Crippen molar-refractivity contribution in [3.05, 3.63) is 0 Å². The van der Waals surface area contributed by atoms with Gasteiger partial charge < -0.3 is 15.2 Å². The molecule has 1 aliphatic heterocycles. The third-order valence-electron chi connectivity index (χ3n) is 3.12. The number of carbonyl (C=O) groups is 3. The number of likely N-dealkylation sites (tertiary alicyclic amines) is 1. The first kappa shape index (κ1) is 16.4. The van der Waals surface area contributed by atoms with Gasteiger partial charge >= 0.3 is 12.0 Å². The second kappa shape index (κ2) is 6.67. The molecule has 8 heteroatoms. The molecule has 3 amide bonds. The molecular weight excluding hydrogens is 266 g/mol. The zero-order valence-electron chi connectivity index (χ0n) is 11.9. The molecule has 1 aliphatic rings. The molecule has 1 heterocycles. The van der Waals surface area contributed by atoms with E-state index in [1.165, 1.54) is 0 Å². The first-order valence-electron chi connectivity index (χ1n) is 6.46. The maximum absolute atomic E-state index is 11.8. The first-order chi connectivity index (χ1) is 9.27. The van der Waals surface area contributed by atoms with E-state index in [-0.39, 0.29) is 6.61 Å².